The Morgan fingerprint density at radius 2 is 2.18 bits per heavy atom. The smallest absolute Gasteiger partial charge is 0.116 e. The number of hydrogen-bond acceptors (Lipinski definition) is 2. The van der Waals surface area contributed by atoms with Gasteiger partial charge in [-0.25, -0.2) is 0 Å². The van der Waals surface area contributed by atoms with Crippen molar-refractivity contribution in [2.24, 2.45) is 0 Å². The summed E-state index contributed by atoms with van der Waals surface area (Å²) < 4.78 is 0. The van der Waals surface area contributed by atoms with Crippen LogP contribution in [0.2, 0.25) is 0 Å². The number of aromatic hydroxyl groups is 1. The fourth-order valence-electron chi connectivity index (χ4n) is 0.888. The molecule has 0 fully saturated rings. The van der Waals surface area contributed by atoms with Crippen LogP contribution in [-0.4, -0.2) is 24.1 Å². The quantitative estimate of drug-likeness (QED) is 0.686. The zero-order valence-corrected chi connectivity index (χ0v) is 6.83. The Morgan fingerprint density at radius 1 is 1.45 bits per heavy atom. The first-order valence-corrected chi connectivity index (χ1v) is 3.53. The molecule has 2 heteroatoms. The van der Waals surface area contributed by atoms with Crippen LogP contribution >= 0.6 is 0 Å². The van der Waals surface area contributed by atoms with Gasteiger partial charge < -0.3 is 10.0 Å². The summed E-state index contributed by atoms with van der Waals surface area (Å²) in [6, 6.07) is 8.10. The van der Waals surface area contributed by atoms with E-state index in [0.29, 0.717) is 0 Å². The second-order valence-electron chi connectivity index (χ2n) is 2.81. The molecule has 0 unspecified atom stereocenters. The van der Waals surface area contributed by atoms with Crippen molar-refractivity contribution in [2.75, 3.05) is 14.1 Å². The summed E-state index contributed by atoms with van der Waals surface area (Å²) in [6.45, 7) is 0.861. The highest BCUT2D eigenvalue weighted by atomic mass is 16.3. The van der Waals surface area contributed by atoms with Crippen LogP contribution in [0.25, 0.3) is 0 Å². The van der Waals surface area contributed by atoms with Gasteiger partial charge in [0.25, 0.3) is 0 Å². The lowest BCUT2D eigenvalue weighted by Crippen LogP contribution is -2.10. The van der Waals surface area contributed by atoms with E-state index in [1.165, 1.54) is 0 Å². The minimum Gasteiger partial charge on any atom is -0.508 e. The molecule has 0 spiro atoms. The number of nitrogens with zero attached hydrogens (tertiary/aromatic N) is 1. The first-order chi connectivity index (χ1) is 5.18. The summed E-state index contributed by atoms with van der Waals surface area (Å²) in [6.07, 6.45) is 0. The molecule has 0 atom stereocenters. The number of rotatable bonds is 2. The van der Waals surface area contributed by atoms with Crippen molar-refractivity contribution in [1.82, 2.24) is 4.90 Å². The van der Waals surface area contributed by atoms with Crippen molar-refractivity contribution < 1.29 is 5.11 Å². The summed E-state index contributed by atoms with van der Waals surface area (Å²) in [5, 5.41) is 8.95. The summed E-state index contributed by atoms with van der Waals surface area (Å²) in [5.41, 5.74) is 1.09. The summed E-state index contributed by atoms with van der Waals surface area (Å²) in [7, 11) is 4.00. The van der Waals surface area contributed by atoms with Gasteiger partial charge in [-0.05, 0) is 37.9 Å². The molecular formula is C9H12NO. The molecule has 0 aliphatic heterocycles. The van der Waals surface area contributed by atoms with E-state index in [1.54, 1.807) is 12.1 Å². The third-order valence-electron chi connectivity index (χ3n) is 1.35. The molecule has 2 nitrogen and oxygen atoms in total. The van der Waals surface area contributed by atoms with Gasteiger partial charge in [-0.15, -0.1) is 0 Å². The third kappa shape index (κ3) is 2.60. The zero-order chi connectivity index (χ0) is 8.27. The van der Waals surface area contributed by atoms with Gasteiger partial charge in [0.15, 0.2) is 0 Å². The van der Waals surface area contributed by atoms with Gasteiger partial charge in [0.05, 0.1) is 0 Å². The van der Waals surface area contributed by atoms with Gasteiger partial charge >= 0.3 is 0 Å². The van der Waals surface area contributed by atoms with E-state index in [-0.39, 0.29) is 5.75 Å². The van der Waals surface area contributed by atoms with Crippen molar-refractivity contribution >= 4 is 0 Å². The van der Waals surface area contributed by atoms with Crippen molar-refractivity contribution in [3.63, 3.8) is 0 Å². The minimum atomic E-state index is 0.271. The van der Waals surface area contributed by atoms with E-state index >= 15 is 0 Å². The second kappa shape index (κ2) is 3.39. The van der Waals surface area contributed by atoms with Crippen LogP contribution in [0.3, 0.4) is 0 Å². The fraction of sp³-hybridized carbons (Fsp3) is 0.333. The topological polar surface area (TPSA) is 23.5 Å². The highest BCUT2D eigenvalue weighted by Crippen LogP contribution is 2.09. The van der Waals surface area contributed by atoms with Gasteiger partial charge in [0.1, 0.15) is 5.75 Å². The Bertz CT molecular complexity index is 216. The molecule has 1 aromatic carbocycles. The predicted molar refractivity (Wildman–Crippen MR) is 44.3 cm³/mol. The number of phenolic OH excluding ortho intramolecular Hbond substituents is 1. The van der Waals surface area contributed by atoms with Crippen LogP contribution in [0, 0.1) is 6.07 Å². The van der Waals surface area contributed by atoms with Crippen molar-refractivity contribution in [3.05, 3.63) is 29.8 Å². The molecule has 59 valence electrons. The Labute approximate surface area is 67.1 Å². The van der Waals surface area contributed by atoms with E-state index in [9.17, 15) is 0 Å². The molecule has 1 N–H and O–H groups in total. The largest absolute Gasteiger partial charge is 0.508 e. The minimum absolute atomic E-state index is 0.271. The molecule has 0 heterocycles. The lowest BCUT2D eigenvalue weighted by molar-refractivity contribution is 0.401. The lowest BCUT2D eigenvalue weighted by atomic mass is 10.2. The predicted octanol–water partition coefficient (Wildman–Crippen LogP) is 1.25. The van der Waals surface area contributed by atoms with Crippen LogP contribution in [0.1, 0.15) is 5.56 Å². The van der Waals surface area contributed by atoms with Gasteiger partial charge in [0, 0.05) is 6.54 Å². The van der Waals surface area contributed by atoms with Gasteiger partial charge in [-0.3, -0.25) is 0 Å². The van der Waals surface area contributed by atoms with Crippen molar-refractivity contribution in [3.8, 4) is 5.75 Å². The van der Waals surface area contributed by atoms with E-state index < -0.39 is 0 Å². The molecular weight excluding hydrogens is 138 g/mol. The molecule has 1 rings (SSSR count). The maximum atomic E-state index is 8.95. The lowest BCUT2D eigenvalue weighted by Gasteiger charge is -2.08. The Kier molecular flexibility index (Phi) is 2.49. The van der Waals surface area contributed by atoms with Crippen molar-refractivity contribution in [2.45, 2.75) is 6.54 Å². The Morgan fingerprint density at radius 3 is 2.64 bits per heavy atom. The maximum absolute atomic E-state index is 8.95. The molecule has 0 saturated heterocycles. The maximum Gasteiger partial charge on any atom is 0.116 e. The molecule has 0 aliphatic rings. The zero-order valence-electron chi connectivity index (χ0n) is 6.83. The number of hydrogen-bond donors (Lipinski definition) is 1. The Balaban J connectivity index is 2.66. The van der Waals surface area contributed by atoms with E-state index in [2.05, 4.69) is 11.0 Å². The molecule has 11 heavy (non-hydrogen) atoms. The van der Waals surface area contributed by atoms with E-state index in [1.807, 2.05) is 20.2 Å². The van der Waals surface area contributed by atoms with Gasteiger partial charge in [-0.1, -0.05) is 6.07 Å². The molecule has 0 aliphatic carbocycles. The average molecular weight is 150 g/mol. The fourth-order valence-corrected chi connectivity index (χ4v) is 0.888. The van der Waals surface area contributed by atoms with Crippen LogP contribution in [-0.2, 0) is 6.54 Å². The Hall–Kier alpha value is -1.02. The number of benzene rings is 1. The number of phenols is 1. The van der Waals surface area contributed by atoms with Gasteiger partial charge in [-0.2, -0.15) is 0 Å². The van der Waals surface area contributed by atoms with Gasteiger partial charge in [0.2, 0.25) is 0 Å². The second-order valence-corrected chi connectivity index (χ2v) is 2.81. The SMILES string of the molecule is CN(C)Cc1[c]cc(O)cc1. The van der Waals surface area contributed by atoms with Crippen LogP contribution in [0.4, 0.5) is 0 Å². The van der Waals surface area contributed by atoms with E-state index in [0.717, 1.165) is 12.1 Å². The van der Waals surface area contributed by atoms with Crippen LogP contribution in [0.15, 0.2) is 18.2 Å². The summed E-state index contributed by atoms with van der Waals surface area (Å²) in [5.74, 6) is 0.271. The van der Waals surface area contributed by atoms with Crippen LogP contribution < -0.4 is 0 Å². The molecule has 1 aromatic rings. The molecule has 0 amide bonds. The monoisotopic (exact) mass is 150 g/mol. The first-order valence-electron chi connectivity index (χ1n) is 3.53. The summed E-state index contributed by atoms with van der Waals surface area (Å²) in [4.78, 5) is 2.06. The van der Waals surface area contributed by atoms with Crippen LogP contribution in [0.5, 0.6) is 5.75 Å². The third-order valence-corrected chi connectivity index (χ3v) is 1.35. The molecule has 1 radical (unpaired) electrons. The highest BCUT2D eigenvalue weighted by molar-refractivity contribution is 5.24. The average Bonchev–Trinajstić information content (AvgIpc) is 1.93. The molecule has 0 bridgehead atoms. The molecule has 0 aromatic heterocycles. The standard InChI is InChI=1S/C9H12NO/c1-10(2)7-8-3-5-9(11)6-4-8/h3,5-6,11H,7H2,1-2H3. The summed E-state index contributed by atoms with van der Waals surface area (Å²) >= 11 is 0. The molecule has 0 saturated carbocycles. The van der Waals surface area contributed by atoms with Crippen molar-refractivity contribution in [1.29, 1.82) is 0 Å². The first kappa shape index (κ1) is 8.08. The highest BCUT2D eigenvalue weighted by Gasteiger charge is 1.94. The normalized spacial score (nSPS) is 10.5. The van der Waals surface area contributed by atoms with E-state index in [4.69, 9.17) is 5.11 Å².